The number of halogens is 3. The van der Waals surface area contributed by atoms with Crippen LogP contribution in [0.3, 0.4) is 0 Å². The number of hydrogen-bond acceptors (Lipinski definition) is 3. The van der Waals surface area contributed by atoms with Crippen LogP contribution in [0.15, 0.2) is 18.2 Å². The number of Topliss-reactive ketones (excluding diaryl/α,β-unsaturated/α-hetero) is 1. The maximum Gasteiger partial charge on any atom is 0.269 e. The molecule has 0 aliphatic heterocycles. The third-order valence-corrected chi connectivity index (χ3v) is 2.41. The number of carbonyl (C=O) groups is 1. The summed E-state index contributed by atoms with van der Waals surface area (Å²) in [6, 6.07) is 3.02. The van der Waals surface area contributed by atoms with Crippen molar-refractivity contribution >= 4 is 23.1 Å². The van der Waals surface area contributed by atoms with Crippen molar-refractivity contribution in [3.05, 3.63) is 39.4 Å². The van der Waals surface area contributed by atoms with Gasteiger partial charge >= 0.3 is 0 Å². The predicted molar refractivity (Wildman–Crippen MR) is 57.5 cm³/mol. The highest BCUT2D eigenvalue weighted by atomic mass is 35.5. The normalized spacial score (nSPS) is 10.6. The van der Waals surface area contributed by atoms with Crippen LogP contribution in [0.2, 0.25) is 0 Å². The van der Waals surface area contributed by atoms with Crippen LogP contribution in [-0.2, 0) is 11.2 Å². The van der Waals surface area contributed by atoms with Gasteiger partial charge in [-0.3, -0.25) is 14.9 Å². The molecule has 0 spiro atoms. The van der Waals surface area contributed by atoms with Crippen molar-refractivity contribution in [2.45, 2.75) is 12.8 Å². The van der Waals surface area contributed by atoms with E-state index in [0.717, 1.165) is 18.2 Å². The van der Waals surface area contributed by atoms with Gasteiger partial charge in [0, 0.05) is 24.1 Å². The predicted octanol–water partition coefficient (Wildman–Crippen LogP) is 2.88. The molecule has 17 heavy (non-hydrogen) atoms. The molecule has 0 N–H and O–H groups in total. The summed E-state index contributed by atoms with van der Waals surface area (Å²) in [6.07, 6.45) is -3.12. The molecule has 0 fully saturated rings. The monoisotopic (exact) mass is 263 g/mol. The molecule has 0 atom stereocenters. The van der Waals surface area contributed by atoms with E-state index in [1.807, 2.05) is 0 Å². The van der Waals surface area contributed by atoms with Gasteiger partial charge in [0.25, 0.3) is 12.1 Å². The van der Waals surface area contributed by atoms with Gasteiger partial charge in [-0.1, -0.05) is 6.07 Å². The van der Waals surface area contributed by atoms with E-state index >= 15 is 0 Å². The molecule has 0 unspecified atom stereocenters. The zero-order chi connectivity index (χ0) is 13.0. The summed E-state index contributed by atoms with van der Waals surface area (Å²) < 4.78 is 25.3. The summed E-state index contributed by atoms with van der Waals surface area (Å²) in [5.41, 5.74) is -0.865. The Balaban J connectivity index is 3.13. The molecule has 0 bridgehead atoms. The van der Waals surface area contributed by atoms with Crippen molar-refractivity contribution in [2.75, 3.05) is 5.88 Å². The second-order valence-corrected chi connectivity index (χ2v) is 3.56. The highest BCUT2D eigenvalue weighted by molar-refractivity contribution is 6.27. The third-order valence-electron chi connectivity index (χ3n) is 2.11. The van der Waals surface area contributed by atoms with Crippen molar-refractivity contribution in [3.8, 4) is 0 Å². The van der Waals surface area contributed by atoms with Gasteiger partial charge in [0.05, 0.1) is 10.8 Å². The van der Waals surface area contributed by atoms with E-state index in [2.05, 4.69) is 0 Å². The number of ketones is 1. The minimum atomic E-state index is -2.87. The summed E-state index contributed by atoms with van der Waals surface area (Å²) in [5.74, 6) is -0.693. The lowest BCUT2D eigenvalue weighted by Gasteiger charge is -2.07. The van der Waals surface area contributed by atoms with Gasteiger partial charge < -0.3 is 0 Å². The van der Waals surface area contributed by atoms with Crippen LogP contribution in [0.4, 0.5) is 14.5 Å². The number of carbonyl (C=O) groups excluding carboxylic acids is 1. The minimum Gasteiger partial charge on any atom is -0.298 e. The number of hydrogen-bond donors (Lipinski definition) is 0. The molecule has 0 aliphatic rings. The van der Waals surface area contributed by atoms with Crippen LogP contribution < -0.4 is 0 Å². The van der Waals surface area contributed by atoms with E-state index in [1.54, 1.807) is 0 Å². The van der Waals surface area contributed by atoms with Gasteiger partial charge in [-0.25, -0.2) is 8.78 Å². The zero-order valence-electron chi connectivity index (χ0n) is 8.53. The van der Waals surface area contributed by atoms with E-state index in [1.165, 1.54) is 0 Å². The maximum absolute atomic E-state index is 12.7. The number of nitro benzene ring substituents is 1. The molecule has 4 nitrogen and oxygen atoms in total. The van der Waals surface area contributed by atoms with Gasteiger partial charge in [0.15, 0.2) is 5.78 Å². The Morgan fingerprint density at radius 3 is 2.59 bits per heavy atom. The molecule has 1 aromatic rings. The highest BCUT2D eigenvalue weighted by Gasteiger charge is 2.19. The van der Waals surface area contributed by atoms with Crippen molar-refractivity contribution in [1.29, 1.82) is 0 Å². The summed E-state index contributed by atoms with van der Waals surface area (Å²) >= 11 is 5.27. The van der Waals surface area contributed by atoms with Gasteiger partial charge in [-0.05, 0) is 5.56 Å². The molecule has 0 saturated carbocycles. The van der Waals surface area contributed by atoms with Gasteiger partial charge in [0.2, 0.25) is 0 Å². The van der Waals surface area contributed by atoms with Gasteiger partial charge in [0.1, 0.15) is 0 Å². The maximum atomic E-state index is 12.7. The van der Waals surface area contributed by atoms with E-state index in [-0.39, 0.29) is 17.9 Å². The van der Waals surface area contributed by atoms with Crippen LogP contribution in [0, 0.1) is 10.1 Å². The van der Waals surface area contributed by atoms with Gasteiger partial charge in [-0.15, -0.1) is 11.6 Å². The lowest BCUT2D eigenvalue weighted by atomic mass is 10.0. The molecule has 0 amide bonds. The molecule has 0 aliphatic carbocycles. The summed E-state index contributed by atoms with van der Waals surface area (Å²) in [6.45, 7) is 0. The van der Waals surface area contributed by atoms with Crippen molar-refractivity contribution in [2.24, 2.45) is 0 Å². The van der Waals surface area contributed by atoms with E-state index in [0.29, 0.717) is 0 Å². The number of nitrogens with zero attached hydrogens (tertiary/aromatic N) is 1. The zero-order valence-corrected chi connectivity index (χ0v) is 9.29. The van der Waals surface area contributed by atoms with E-state index in [4.69, 9.17) is 11.6 Å². The van der Waals surface area contributed by atoms with E-state index in [9.17, 15) is 23.7 Å². The molecule has 1 aromatic carbocycles. The van der Waals surface area contributed by atoms with Crippen molar-refractivity contribution in [3.63, 3.8) is 0 Å². The van der Waals surface area contributed by atoms with Crippen LogP contribution in [0.1, 0.15) is 17.6 Å². The second kappa shape index (κ2) is 5.67. The fourth-order valence-corrected chi connectivity index (χ4v) is 1.41. The number of benzene rings is 1. The molecule has 0 radical (unpaired) electrons. The SMILES string of the molecule is O=C(CCl)Cc1ccc([N+](=O)[O-])cc1C(F)F. The van der Waals surface area contributed by atoms with Crippen molar-refractivity contribution < 1.29 is 18.5 Å². The number of rotatable bonds is 5. The van der Waals surface area contributed by atoms with Crippen LogP contribution >= 0.6 is 11.6 Å². The number of nitro groups is 1. The number of alkyl halides is 3. The lowest BCUT2D eigenvalue weighted by molar-refractivity contribution is -0.385. The molecular formula is C10H8ClF2NO3. The molecular weight excluding hydrogens is 256 g/mol. The fourth-order valence-electron chi connectivity index (χ4n) is 1.32. The Hall–Kier alpha value is -1.56. The first-order valence-corrected chi connectivity index (χ1v) is 5.12. The molecule has 1 rings (SSSR count). The summed E-state index contributed by atoms with van der Waals surface area (Å²) in [4.78, 5) is 20.7. The van der Waals surface area contributed by atoms with Crippen LogP contribution in [0.25, 0.3) is 0 Å². The standard InChI is InChI=1S/C10H8ClF2NO3/c11-5-8(15)3-6-1-2-7(14(16)17)4-9(6)10(12)13/h1-2,4,10H,3,5H2. The topological polar surface area (TPSA) is 60.2 Å². The van der Waals surface area contributed by atoms with Crippen LogP contribution in [-0.4, -0.2) is 16.6 Å². The Labute approximate surface area is 100 Å². The van der Waals surface area contributed by atoms with Crippen LogP contribution in [0.5, 0.6) is 0 Å². The Kier molecular flexibility index (Phi) is 4.51. The first-order chi connectivity index (χ1) is 7.95. The summed E-state index contributed by atoms with van der Waals surface area (Å²) in [5, 5.41) is 10.4. The minimum absolute atomic E-state index is 0.0660. The molecule has 0 heterocycles. The van der Waals surface area contributed by atoms with E-state index < -0.39 is 28.4 Å². The Morgan fingerprint density at radius 1 is 1.47 bits per heavy atom. The summed E-state index contributed by atoms with van der Waals surface area (Å²) in [7, 11) is 0. The average Bonchev–Trinajstić information content (AvgIpc) is 2.28. The molecule has 7 heteroatoms. The molecule has 0 saturated heterocycles. The Bertz CT molecular complexity index is 451. The van der Waals surface area contributed by atoms with Crippen molar-refractivity contribution in [1.82, 2.24) is 0 Å². The second-order valence-electron chi connectivity index (χ2n) is 3.29. The van der Waals surface area contributed by atoms with Gasteiger partial charge in [-0.2, -0.15) is 0 Å². The Morgan fingerprint density at radius 2 is 2.12 bits per heavy atom. The first kappa shape index (κ1) is 13.5. The number of non-ortho nitro benzene ring substituents is 1. The largest absolute Gasteiger partial charge is 0.298 e. The lowest BCUT2D eigenvalue weighted by Crippen LogP contribution is -2.07. The average molecular weight is 264 g/mol. The first-order valence-electron chi connectivity index (χ1n) is 4.58. The third kappa shape index (κ3) is 3.45. The molecule has 92 valence electrons. The fraction of sp³-hybridized carbons (Fsp3) is 0.300. The quantitative estimate of drug-likeness (QED) is 0.466. The molecule has 0 aromatic heterocycles. The smallest absolute Gasteiger partial charge is 0.269 e. The highest BCUT2D eigenvalue weighted by Crippen LogP contribution is 2.27.